The lowest BCUT2D eigenvalue weighted by atomic mass is 9.95. The largest absolute Gasteiger partial charge is 0.314 e. The van der Waals surface area contributed by atoms with Gasteiger partial charge in [-0.15, -0.1) is 0 Å². The highest BCUT2D eigenvalue weighted by Gasteiger charge is 2.43. The number of carbonyl (C=O) groups is 1. The fourth-order valence-electron chi connectivity index (χ4n) is 1.83. The zero-order chi connectivity index (χ0) is 7.03. The van der Waals surface area contributed by atoms with Crippen molar-refractivity contribution in [3.63, 3.8) is 0 Å². The summed E-state index contributed by atoms with van der Waals surface area (Å²) in [7, 11) is 0. The van der Waals surface area contributed by atoms with E-state index < -0.39 is 0 Å². The van der Waals surface area contributed by atoms with Crippen LogP contribution in [0.4, 0.5) is 0 Å². The van der Waals surface area contributed by atoms with E-state index in [0.717, 1.165) is 32.5 Å². The van der Waals surface area contributed by atoms with Crippen molar-refractivity contribution < 1.29 is 4.79 Å². The predicted octanol–water partition coefficient (Wildman–Crippen LogP) is -0.719. The number of carbonyl (C=O) groups excluding carboxylic acids is 1. The van der Waals surface area contributed by atoms with E-state index >= 15 is 0 Å². The molecule has 0 aliphatic carbocycles. The van der Waals surface area contributed by atoms with Crippen LogP contribution in [-0.2, 0) is 4.79 Å². The standard InChI is InChI=1S/C7H12N2O/c10-6-1-3-9-7(6)2-4-8-5-7/h8-9H,1-5H2. The normalized spacial score (nSPS) is 39.8. The van der Waals surface area contributed by atoms with Crippen LogP contribution in [0.2, 0.25) is 0 Å². The third kappa shape index (κ3) is 0.707. The molecule has 1 unspecified atom stereocenters. The zero-order valence-electron chi connectivity index (χ0n) is 5.94. The first kappa shape index (κ1) is 6.31. The molecule has 3 heteroatoms. The molecule has 0 saturated carbocycles. The summed E-state index contributed by atoms with van der Waals surface area (Å²) in [6.45, 7) is 2.70. The number of rotatable bonds is 0. The first-order valence-electron chi connectivity index (χ1n) is 3.83. The minimum Gasteiger partial charge on any atom is -0.314 e. The molecule has 0 aromatic rings. The molecule has 0 amide bonds. The monoisotopic (exact) mass is 140 g/mol. The highest BCUT2D eigenvalue weighted by Crippen LogP contribution is 2.21. The quantitative estimate of drug-likeness (QED) is 0.466. The molecule has 2 N–H and O–H groups in total. The van der Waals surface area contributed by atoms with Crippen molar-refractivity contribution in [3.8, 4) is 0 Å². The van der Waals surface area contributed by atoms with Crippen molar-refractivity contribution in [2.75, 3.05) is 19.6 Å². The summed E-state index contributed by atoms with van der Waals surface area (Å²) in [5.74, 6) is 0.400. The minimum atomic E-state index is -0.153. The van der Waals surface area contributed by atoms with Crippen LogP contribution in [0.1, 0.15) is 12.8 Å². The van der Waals surface area contributed by atoms with Crippen LogP contribution in [0, 0.1) is 0 Å². The molecule has 56 valence electrons. The molecule has 1 atom stereocenters. The number of nitrogens with one attached hydrogen (secondary N) is 2. The average Bonchev–Trinajstić information content (AvgIpc) is 2.48. The number of hydrogen-bond donors (Lipinski definition) is 2. The van der Waals surface area contributed by atoms with E-state index in [-0.39, 0.29) is 5.54 Å². The third-order valence-electron chi connectivity index (χ3n) is 2.50. The molecule has 0 aromatic carbocycles. The number of Topliss-reactive ketones (excluding diaryl/α,β-unsaturated/α-hetero) is 1. The van der Waals surface area contributed by atoms with Gasteiger partial charge in [0.15, 0.2) is 5.78 Å². The summed E-state index contributed by atoms with van der Waals surface area (Å²) < 4.78 is 0. The molecule has 2 aliphatic rings. The zero-order valence-corrected chi connectivity index (χ0v) is 5.94. The lowest BCUT2D eigenvalue weighted by molar-refractivity contribution is -0.121. The number of ketones is 1. The Labute approximate surface area is 60.2 Å². The maximum Gasteiger partial charge on any atom is 0.155 e. The van der Waals surface area contributed by atoms with Crippen LogP contribution in [0.15, 0.2) is 0 Å². The van der Waals surface area contributed by atoms with E-state index in [1.165, 1.54) is 0 Å². The summed E-state index contributed by atoms with van der Waals surface area (Å²) in [6.07, 6.45) is 1.70. The van der Waals surface area contributed by atoms with Gasteiger partial charge in [-0.3, -0.25) is 4.79 Å². The lowest BCUT2D eigenvalue weighted by Crippen LogP contribution is -2.47. The SMILES string of the molecule is O=C1CCNC12CCNC2. The van der Waals surface area contributed by atoms with Gasteiger partial charge in [0.25, 0.3) is 0 Å². The molecule has 10 heavy (non-hydrogen) atoms. The minimum absolute atomic E-state index is 0.153. The van der Waals surface area contributed by atoms with Gasteiger partial charge in [0.1, 0.15) is 0 Å². The second-order valence-electron chi connectivity index (χ2n) is 3.11. The Bertz CT molecular complexity index is 155. The van der Waals surface area contributed by atoms with E-state index in [1.54, 1.807) is 0 Å². The molecular weight excluding hydrogens is 128 g/mol. The third-order valence-corrected chi connectivity index (χ3v) is 2.50. The Morgan fingerprint density at radius 3 is 2.80 bits per heavy atom. The van der Waals surface area contributed by atoms with E-state index in [9.17, 15) is 4.79 Å². The Balaban J connectivity index is 2.19. The van der Waals surface area contributed by atoms with Gasteiger partial charge in [0, 0.05) is 19.5 Å². The van der Waals surface area contributed by atoms with Gasteiger partial charge in [-0.25, -0.2) is 0 Å². The van der Waals surface area contributed by atoms with Crippen LogP contribution in [0.5, 0.6) is 0 Å². The summed E-state index contributed by atoms with van der Waals surface area (Å²) in [5.41, 5.74) is -0.153. The van der Waals surface area contributed by atoms with Crippen LogP contribution in [0.25, 0.3) is 0 Å². The summed E-state index contributed by atoms with van der Waals surface area (Å²) in [4.78, 5) is 11.3. The fraction of sp³-hybridized carbons (Fsp3) is 0.857. The summed E-state index contributed by atoms with van der Waals surface area (Å²) in [5, 5.41) is 6.47. The lowest BCUT2D eigenvalue weighted by Gasteiger charge is -2.19. The van der Waals surface area contributed by atoms with Gasteiger partial charge >= 0.3 is 0 Å². The highest BCUT2D eigenvalue weighted by atomic mass is 16.1. The van der Waals surface area contributed by atoms with E-state index in [1.807, 2.05) is 0 Å². The van der Waals surface area contributed by atoms with Crippen LogP contribution >= 0.6 is 0 Å². The first-order chi connectivity index (χ1) is 4.83. The van der Waals surface area contributed by atoms with Gasteiger partial charge in [0.05, 0.1) is 5.54 Å². The molecule has 0 aromatic heterocycles. The molecule has 2 fully saturated rings. The summed E-state index contributed by atoms with van der Waals surface area (Å²) >= 11 is 0. The van der Waals surface area contributed by atoms with Crippen molar-refractivity contribution in [1.29, 1.82) is 0 Å². The molecule has 1 spiro atoms. The van der Waals surface area contributed by atoms with Crippen LogP contribution in [-0.4, -0.2) is 31.0 Å². The second kappa shape index (κ2) is 2.04. The van der Waals surface area contributed by atoms with Gasteiger partial charge < -0.3 is 10.6 Å². The molecular formula is C7H12N2O. The second-order valence-corrected chi connectivity index (χ2v) is 3.11. The Morgan fingerprint density at radius 2 is 2.30 bits per heavy atom. The van der Waals surface area contributed by atoms with Gasteiger partial charge in [-0.05, 0) is 13.0 Å². The Morgan fingerprint density at radius 1 is 1.40 bits per heavy atom. The molecule has 2 saturated heterocycles. The van der Waals surface area contributed by atoms with Gasteiger partial charge in [0.2, 0.25) is 0 Å². The van der Waals surface area contributed by atoms with Gasteiger partial charge in [-0.1, -0.05) is 0 Å². The topological polar surface area (TPSA) is 41.1 Å². The van der Waals surface area contributed by atoms with E-state index in [2.05, 4.69) is 10.6 Å². The van der Waals surface area contributed by atoms with Crippen molar-refractivity contribution >= 4 is 5.78 Å². The van der Waals surface area contributed by atoms with Crippen molar-refractivity contribution in [3.05, 3.63) is 0 Å². The number of hydrogen-bond acceptors (Lipinski definition) is 3. The van der Waals surface area contributed by atoms with E-state index in [4.69, 9.17) is 0 Å². The molecule has 2 rings (SSSR count). The molecule has 0 radical (unpaired) electrons. The summed E-state index contributed by atoms with van der Waals surface area (Å²) in [6, 6.07) is 0. The van der Waals surface area contributed by atoms with Gasteiger partial charge in [-0.2, -0.15) is 0 Å². The first-order valence-corrected chi connectivity index (χ1v) is 3.83. The molecule has 2 aliphatic heterocycles. The average molecular weight is 140 g/mol. The molecule has 0 bridgehead atoms. The molecule has 2 heterocycles. The van der Waals surface area contributed by atoms with Crippen molar-refractivity contribution in [2.45, 2.75) is 18.4 Å². The Hall–Kier alpha value is -0.410. The highest BCUT2D eigenvalue weighted by molar-refractivity contribution is 5.91. The molecule has 3 nitrogen and oxygen atoms in total. The maximum absolute atomic E-state index is 11.3. The smallest absolute Gasteiger partial charge is 0.155 e. The fourth-order valence-corrected chi connectivity index (χ4v) is 1.83. The van der Waals surface area contributed by atoms with Crippen LogP contribution in [0.3, 0.4) is 0 Å². The van der Waals surface area contributed by atoms with Crippen molar-refractivity contribution in [1.82, 2.24) is 10.6 Å². The van der Waals surface area contributed by atoms with Crippen molar-refractivity contribution in [2.24, 2.45) is 0 Å². The Kier molecular flexibility index (Phi) is 1.28. The van der Waals surface area contributed by atoms with Crippen LogP contribution < -0.4 is 10.6 Å². The maximum atomic E-state index is 11.3. The van der Waals surface area contributed by atoms with E-state index in [0.29, 0.717) is 5.78 Å². The predicted molar refractivity (Wildman–Crippen MR) is 37.8 cm³/mol.